The number of pyridine rings is 1. The molecular weight excluding hydrogens is 366 g/mol. The van der Waals surface area contributed by atoms with Gasteiger partial charge in [-0.2, -0.15) is 4.73 Å². The van der Waals surface area contributed by atoms with E-state index in [1.165, 1.54) is 22.5 Å². The highest BCUT2D eigenvalue weighted by atomic mass is 32.2. The van der Waals surface area contributed by atoms with Gasteiger partial charge in [0.2, 0.25) is 0 Å². The fraction of sp³-hybridized carbons (Fsp3) is 0.444. The molecule has 0 spiro atoms. The minimum Gasteiger partial charge on any atom is -0.618 e. The Morgan fingerprint density at radius 2 is 2.00 bits per heavy atom. The first-order chi connectivity index (χ1) is 13.1. The van der Waals surface area contributed by atoms with Crippen molar-refractivity contribution in [3.63, 3.8) is 0 Å². The van der Waals surface area contributed by atoms with E-state index >= 15 is 0 Å². The summed E-state index contributed by atoms with van der Waals surface area (Å²) < 4.78 is 4.21. The van der Waals surface area contributed by atoms with Crippen molar-refractivity contribution in [1.82, 2.24) is 19.1 Å². The molecule has 3 aromatic rings. The fourth-order valence-electron chi connectivity index (χ4n) is 2.98. The maximum Gasteiger partial charge on any atom is 0.330 e. The van der Waals surface area contributed by atoms with Crippen LogP contribution in [0.4, 0.5) is 0 Å². The van der Waals surface area contributed by atoms with E-state index in [9.17, 15) is 14.8 Å². The molecule has 144 valence electrons. The highest BCUT2D eigenvalue weighted by Crippen LogP contribution is 2.22. The zero-order chi connectivity index (χ0) is 19.4. The standard InChI is InChI=1S/C18H23N5O3S/c1-3-5-10-22-16-15(17(24)20-18(22)25)21(9-4-2)13(19-16)12-27-14-8-6-7-11-23(14)26/h6-8,11H,3-5,9-10,12H2,1-2H3,(H,20,24,25). The van der Waals surface area contributed by atoms with E-state index in [4.69, 9.17) is 0 Å². The maximum atomic E-state index is 12.5. The van der Waals surface area contributed by atoms with Crippen LogP contribution in [0.15, 0.2) is 39.0 Å². The number of hydrogen-bond acceptors (Lipinski definition) is 5. The van der Waals surface area contributed by atoms with Gasteiger partial charge in [0.25, 0.3) is 10.6 Å². The first-order valence-electron chi connectivity index (χ1n) is 9.10. The van der Waals surface area contributed by atoms with Crippen LogP contribution in [0.5, 0.6) is 0 Å². The van der Waals surface area contributed by atoms with Crippen LogP contribution in [0, 0.1) is 5.21 Å². The molecule has 0 saturated carbocycles. The number of H-pyrrole nitrogens is 1. The molecule has 0 atom stereocenters. The predicted octanol–water partition coefficient (Wildman–Crippen LogP) is 2.02. The summed E-state index contributed by atoms with van der Waals surface area (Å²) in [6, 6.07) is 5.22. The van der Waals surface area contributed by atoms with E-state index in [1.54, 1.807) is 18.2 Å². The Hall–Kier alpha value is -2.55. The Balaban J connectivity index is 2.07. The van der Waals surface area contributed by atoms with Crippen molar-refractivity contribution in [3.05, 3.63) is 56.3 Å². The van der Waals surface area contributed by atoms with Crippen LogP contribution in [-0.4, -0.2) is 19.1 Å². The molecule has 0 bridgehead atoms. The van der Waals surface area contributed by atoms with Crippen LogP contribution in [0.3, 0.4) is 0 Å². The molecule has 0 unspecified atom stereocenters. The lowest BCUT2D eigenvalue weighted by atomic mass is 10.3. The number of rotatable bonds is 8. The molecule has 0 aliphatic rings. The van der Waals surface area contributed by atoms with Gasteiger partial charge in [-0.1, -0.05) is 20.3 Å². The van der Waals surface area contributed by atoms with Gasteiger partial charge in [0, 0.05) is 25.2 Å². The van der Waals surface area contributed by atoms with E-state index in [2.05, 4.69) is 9.97 Å². The third-order valence-corrected chi connectivity index (χ3v) is 5.30. The summed E-state index contributed by atoms with van der Waals surface area (Å²) in [6.07, 6.45) is 4.03. The Bertz CT molecular complexity index is 1050. The van der Waals surface area contributed by atoms with Crippen LogP contribution in [-0.2, 0) is 18.8 Å². The van der Waals surface area contributed by atoms with Crippen molar-refractivity contribution in [2.45, 2.75) is 57.0 Å². The van der Waals surface area contributed by atoms with Gasteiger partial charge in [-0.05, 0) is 30.7 Å². The number of aromatic amines is 1. The molecule has 9 heteroatoms. The summed E-state index contributed by atoms with van der Waals surface area (Å²) in [6.45, 7) is 5.20. The lowest BCUT2D eigenvalue weighted by Gasteiger charge is -2.08. The van der Waals surface area contributed by atoms with Crippen molar-refractivity contribution in [1.29, 1.82) is 0 Å². The lowest BCUT2D eigenvalue weighted by molar-refractivity contribution is -0.645. The van der Waals surface area contributed by atoms with E-state index < -0.39 is 11.2 Å². The topological polar surface area (TPSA) is 99.6 Å². The van der Waals surface area contributed by atoms with Gasteiger partial charge < -0.3 is 9.77 Å². The molecule has 0 aliphatic carbocycles. The second-order valence-corrected chi connectivity index (χ2v) is 7.27. The normalized spacial score (nSPS) is 11.3. The molecule has 3 rings (SSSR count). The summed E-state index contributed by atoms with van der Waals surface area (Å²) in [4.78, 5) is 31.8. The van der Waals surface area contributed by atoms with E-state index in [1.807, 2.05) is 18.4 Å². The number of nitrogens with zero attached hydrogens (tertiary/aromatic N) is 4. The minimum atomic E-state index is -0.429. The van der Waals surface area contributed by atoms with Crippen molar-refractivity contribution in [3.8, 4) is 0 Å². The molecular formula is C18H23N5O3S. The summed E-state index contributed by atoms with van der Waals surface area (Å²) in [5.74, 6) is 1.12. The van der Waals surface area contributed by atoms with Crippen molar-refractivity contribution in [2.24, 2.45) is 0 Å². The smallest absolute Gasteiger partial charge is 0.330 e. The number of aryl methyl sites for hydroxylation is 2. The largest absolute Gasteiger partial charge is 0.618 e. The summed E-state index contributed by atoms with van der Waals surface area (Å²) in [5, 5.41) is 12.4. The van der Waals surface area contributed by atoms with Gasteiger partial charge >= 0.3 is 5.69 Å². The average Bonchev–Trinajstić information content (AvgIpc) is 3.00. The third kappa shape index (κ3) is 3.92. The number of unbranched alkanes of at least 4 members (excludes halogenated alkanes) is 1. The van der Waals surface area contributed by atoms with Gasteiger partial charge in [0.1, 0.15) is 5.82 Å². The van der Waals surface area contributed by atoms with Crippen molar-refractivity contribution >= 4 is 22.9 Å². The SMILES string of the molecule is CCCCn1c(=O)[nH]c(=O)c2c1nc(CSc1cccc[n+]1[O-])n2CCC. The minimum absolute atomic E-state index is 0.418. The van der Waals surface area contributed by atoms with Crippen LogP contribution >= 0.6 is 11.8 Å². The Kier molecular flexibility index (Phi) is 6.00. The van der Waals surface area contributed by atoms with E-state index in [-0.39, 0.29) is 0 Å². The van der Waals surface area contributed by atoms with Crippen LogP contribution in [0.25, 0.3) is 11.2 Å². The molecule has 0 amide bonds. The lowest BCUT2D eigenvalue weighted by Crippen LogP contribution is -2.31. The number of aromatic nitrogens is 5. The number of imidazole rings is 1. The number of thioether (sulfide) groups is 1. The molecule has 8 nitrogen and oxygen atoms in total. The number of hydrogen-bond donors (Lipinski definition) is 1. The van der Waals surface area contributed by atoms with Crippen LogP contribution < -0.4 is 16.0 Å². The van der Waals surface area contributed by atoms with Gasteiger partial charge in [0.15, 0.2) is 17.4 Å². The second kappa shape index (κ2) is 8.43. The molecule has 0 radical (unpaired) electrons. The Labute approximate surface area is 160 Å². The first kappa shape index (κ1) is 19.2. The molecule has 0 aromatic carbocycles. The van der Waals surface area contributed by atoms with Crippen molar-refractivity contribution in [2.75, 3.05) is 0 Å². The van der Waals surface area contributed by atoms with Gasteiger partial charge in [-0.3, -0.25) is 14.3 Å². The van der Waals surface area contributed by atoms with Gasteiger partial charge in [-0.15, -0.1) is 0 Å². The maximum absolute atomic E-state index is 12.5. The summed E-state index contributed by atoms with van der Waals surface area (Å²) in [5.41, 5.74) is -0.00386. The van der Waals surface area contributed by atoms with Gasteiger partial charge in [-0.25, -0.2) is 9.78 Å². The first-order valence-corrected chi connectivity index (χ1v) is 10.1. The molecule has 1 N–H and O–H groups in total. The Morgan fingerprint density at radius 3 is 2.70 bits per heavy atom. The molecule has 3 aromatic heterocycles. The van der Waals surface area contributed by atoms with Crippen LogP contribution in [0.1, 0.15) is 38.9 Å². The monoisotopic (exact) mass is 389 g/mol. The van der Waals surface area contributed by atoms with Crippen LogP contribution in [0.2, 0.25) is 0 Å². The number of fused-ring (bicyclic) bond motifs is 1. The highest BCUT2D eigenvalue weighted by molar-refractivity contribution is 7.98. The molecule has 0 aliphatic heterocycles. The predicted molar refractivity (Wildman–Crippen MR) is 105 cm³/mol. The van der Waals surface area contributed by atoms with Gasteiger partial charge in [0.05, 0.1) is 5.75 Å². The quantitative estimate of drug-likeness (QED) is 0.361. The van der Waals surface area contributed by atoms with Crippen molar-refractivity contribution < 1.29 is 4.73 Å². The summed E-state index contributed by atoms with van der Waals surface area (Å²) in [7, 11) is 0. The zero-order valence-corrected chi connectivity index (χ0v) is 16.3. The number of nitrogens with one attached hydrogen (secondary N) is 1. The Morgan fingerprint density at radius 1 is 1.19 bits per heavy atom. The zero-order valence-electron chi connectivity index (χ0n) is 15.5. The highest BCUT2D eigenvalue weighted by Gasteiger charge is 2.19. The molecule has 27 heavy (non-hydrogen) atoms. The molecule has 3 heterocycles. The summed E-state index contributed by atoms with van der Waals surface area (Å²) >= 11 is 1.36. The fourth-order valence-corrected chi connectivity index (χ4v) is 3.84. The van der Waals surface area contributed by atoms with E-state index in [0.717, 1.165) is 24.0 Å². The van der Waals surface area contributed by atoms with E-state index in [0.29, 0.717) is 40.9 Å². The molecule has 0 saturated heterocycles. The average molecular weight is 389 g/mol. The molecule has 0 fully saturated rings. The second-order valence-electron chi connectivity index (χ2n) is 6.27. The third-order valence-electron chi connectivity index (χ3n) is 4.28.